The SMILES string of the molecule is [C-]#[N+]CCOP(O[C@@H]1C2OC[C@]1(CC)O[C@H]2n1cc(-c2cn(Cc3ccc4ccc5cccc6ccc3c4c56)nn2)c(=O)[nH]c1=O)N(C(C)C)C(C)C.[C-]#[N+]CCOP(O[C@@H]1C2OC[C@]1(CC)O[C@H]2n1cc(C#CCNC(=O)CNC(=O)C(F)(F)F)c(=O)[nH]c1=O)N(C(C)C)C(C)C.[C-]#[N+]CCOP(O[C@@H]1C2OC[C@]1(CC)O[C@H]2n1cc(C#CCNC(=O)[C@H](CC(C)C)NC(=O)C(F)(F)F)c(=O)[nH]c1=O)N(C(C)C)C(C)C. The maximum atomic E-state index is 13.4. The number of hydrogen-bond acceptors (Lipinski definition) is 27. The van der Waals surface area contributed by atoms with Crippen molar-refractivity contribution in [3.8, 4) is 34.9 Å². The molecular formula is C97H122F6N19O22P3. The fraction of sp³-hybridized carbons (Fsp3) is 0.577. The van der Waals surface area contributed by atoms with Crippen LogP contribution in [0, 0.1) is 49.3 Å². The van der Waals surface area contributed by atoms with E-state index >= 15 is 0 Å². The van der Waals surface area contributed by atoms with Crippen molar-refractivity contribution < 1.29 is 101 Å². The van der Waals surface area contributed by atoms with E-state index in [1.54, 1.807) is 30.0 Å². The second kappa shape index (κ2) is 49.5. The summed E-state index contributed by atoms with van der Waals surface area (Å²) in [6.45, 7) is 55.5. The smallest absolute Gasteiger partial charge is 0.368 e. The van der Waals surface area contributed by atoms with Crippen LogP contribution in [0.15, 0.2) is 108 Å². The van der Waals surface area contributed by atoms with Gasteiger partial charge in [0.05, 0.1) is 57.8 Å². The van der Waals surface area contributed by atoms with Gasteiger partial charge in [-0.05, 0) is 153 Å². The molecule has 41 nitrogen and oxygen atoms in total. The molecule has 0 saturated carbocycles. The number of halogens is 6. The van der Waals surface area contributed by atoms with Gasteiger partial charge in [-0.2, -0.15) is 26.3 Å². The molecule has 6 aliphatic rings. The number of benzene rings is 4. The molecule has 50 heteroatoms. The van der Waals surface area contributed by atoms with Crippen LogP contribution in [0.25, 0.3) is 58.1 Å². The summed E-state index contributed by atoms with van der Waals surface area (Å²) in [6.07, 6.45) is -10.2. The van der Waals surface area contributed by atoms with Crippen LogP contribution in [0.4, 0.5) is 26.3 Å². The molecule has 10 heterocycles. The van der Waals surface area contributed by atoms with E-state index in [0.29, 0.717) is 31.5 Å². The molecule has 794 valence electrons. The van der Waals surface area contributed by atoms with Gasteiger partial charge < -0.3 is 91.4 Å². The molecule has 14 rings (SSSR count). The Balaban J connectivity index is 0.000000197. The molecular weight excluding hydrogens is 1990 g/mol. The average molecular weight is 2110 g/mol. The molecule has 0 spiro atoms. The van der Waals surface area contributed by atoms with Crippen LogP contribution >= 0.6 is 25.6 Å². The summed E-state index contributed by atoms with van der Waals surface area (Å²) >= 11 is 0. The van der Waals surface area contributed by atoms with E-state index in [-0.39, 0.29) is 138 Å². The monoisotopic (exact) mass is 2110 g/mol. The summed E-state index contributed by atoms with van der Waals surface area (Å²) in [6, 6.07) is 18.1. The second-order valence-corrected chi connectivity index (χ2v) is 41.9. The normalized spacial score (nSPS) is 22.7. The first-order valence-corrected chi connectivity index (χ1v) is 51.5. The fourth-order valence-electron chi connectivity index (χ4n) is 18.4. The van der Waals surface area contributed by atoms with Gasteiger partial charge in [-0.25, -0.2) is 52.8 Å². The van der Waals surface area contributed by atoms with Gasteiger partial charge in [0.15, 0.2) is 18.7 Å². The highest BCUT2D eigenvalue weighted by Crippen LogP contribution is 2.60. The number of amides is 4. The zero-order valence-electron chi connectivity index (χ0n) is 84.3. The molecule has 6 saturated heterocycles. The largest absolute Gasteiger partial charge is 0.471 e. The highest BCUT2D eigenvalue weighted by molar-refractivity contribution is 7.45. The third-order valence-electron chi connectivity index (χ3n) is 25.2. The van der Waals surface area contributed by atoms with Gasteiger partial charge in [-0.3, -0.25) is 62.2 Å². The number of nitrogens with zero attached hydrogens (tertiary/aromatic N) is 12. The Kier molecular flexibility index (Phi) is 38.6. The van der Waals surface area contributed by atoms with E-state index in [4.69, 9.17) is 75.3 Å². The molecule has 4 amide bonds. The zero-order valence-corrected chi connectivity index (χ0v) is 87.0. The van der Waals surface area contributed by atoms with Gasteiger partial charge in [-0.15, -0.1) is 5.10 Å². The molecule has 4 aromatic carbocycles. The van der Waals surface area contributed by atoms with Crippen molar-refractivity contribution in [2.45, 2.75) is 277 Å². The van der Waals surface area contributed by atoms with E-state index in [0.717, 1.165) is 20.1 Å². The van der Waals surface area contributed by atoms with Crippen molar-refractivity contribution in [1.82, 2.24) is 78.9 Å². The molecule has 6 fully saturated rings. The number of aromatic amines is 3. The minimum Gasteiger partial charge on any atom is -0.368 e. The Morgan fingerprint density at radius 2 is 0.905 bits per heavy atom. The van der Waals surface area contributed by atoms with E-state index in [2.05, 4.69) is 170 Å². The molecule has 0 aliphatic carbocycles. The predicted molar refractivity (Wildman–Crippen MR) is 531 cm³/mol. The van der Waals surface area contributed by atoms with Crippen molar-refractivity contribution in [3.05, 3.63) is 193 Å². The van der Waals surface area contributed by atoms with Gasteiger partial charge >= 0.3 is 41.2 Å². The maximum absolute atomic E-state index is 13.4. The number of carbonyl (C=O) groups is 4. The molecule has 16 atom stereocenters. The summed E-state index contributed by atoms with van der Waals surface area (Å²) in [4.78, 5) is 141. The van der Waals surface area contributed by atoms with Crippen molar-refractivity contribution >= 4 is 81.5 Å². The van der Waals surface area contributed by atoms with Gasteiger partial charge in [0.2, 0.25) is 31.4 Å². The van der Waals surface area contributed by atoms with Crippen LogP contribution in [-0.2, 0) is 81.3 Å². The standard InChI is InChI=1S/C39H42N7O6P.C31H44F3N6O8P.C27H36F3N6O8P/c1-7-39-22-49-34(35(39)52-53(50-18-17-40-6)46(23(2)3)24(4)5)37(51-39)45-20-30(36(47)41-38(45)48)31-21-44(43-42-31)19-28-14-13-27-12-11-25-9-8-10-26-15-16-29(28)33(27)32(25)26;1-9-30-17-45-23(24(30)48-49(46-14-13-35-8)40(19(4)5)20(6)7)27(47-30)39-16-21(25(41)38-29(39)44)11-10-12-36-26(42)22(15-18(2)3)37-28(43)31(32,33)34;1-7-26-15-41-20(21(26)44-45(42-12-11-31-6)36(16(2)3)17(4)5)23(43-26)35-14-18(22(38)34-25(35)40)9-8-10-32-19(37)13-33-24(39)27(28,29)30/h8-16,20-21,23-24,34-35,37H,7,17-19,22H2,1-5H3,(H,41,47,48);16,18-20,22-24,27H,9,12-15,17H2,1-7H3,(H,36,42)(H,37,43)(H,38,41,44);14,16-17,20-21,23H,7,10-13,15H2,1-5H3,(H,32,37)(H,33,39)(H,34,38,40)/t34?,35-,37-,39+,53?;22-,23?,24+,27+,30-,49?;20?,21-,23-,26+,45?/m101/s1. The lowest BCUT2D eigenvalue weighted by Gasteiger charge is -2.38. The number of alkyl halides is 6. The Labute approximate surface area is 846 Å². The molecule has 147 heavy (non-hydrogen) atoms. The number of carbonyl (C=O) groups excluding carboxylic acids is 4. The summed E-state index contributed by atoms with van der Waals surface area (Å²) in [5, 5.41) is 23.6. The molecule has 6 unspecified atom stereocenters. The number of rotatable bonds is 41. The number of ether oxygens (including phenoxy) is 6. The zero-order chi connectivity index (χ0) is 107. The number of H-pyrrole nitrogens is 3. The van der Waals surface area contributed by atoms with Crippen LogP contribution in [0.3, 0.4) is 0 Å². The number of fused-ring (bicyclic) bond motifs is 6. The van der Waals surface area contributed by atoms with Crippen molar-refractivity contribution in [3.63, 3.8) is 0 Å². The first-order chi connectivity index (χ1) is 69.7. The highest BCUT2D eigenvalue weighted by atomic mass is 31.2. The Bertz CT molecular complexity index is 6630. The van der Waals surface area contributed by atoms with E-state index < -0.39 is 180 Å². The van der Waals surface area contributed by atoms with Crippen LogP contribution in [0.1, 0.15) is 179 Å². The fourth-order valence-corrected chi connectivity index (χ4v) is 23.8. The number of hydrogen-bond donors (Lipinski definition) is 7. The molecule has 8 aromatic rings. The summed E-state index contributed by atoms with van der Waals surface area (Å²) in [5.74, 6) is 3.61. The highest BCUT2D eigenvalue weighted by Gasteiger charge is 2.67. The molecule has 0 radical (unpaired) electrons. The first kappa shape index (κ1) is 115. The third-order valence-corrected chi connectivity index (χ3v) is 31.5. The third kappa shape index (κ3) is 26.3. The van der Waals surface area contributed by atoms with Gasteiger partial charge in [-0.1, -0.05) is 118 Å². The van der Waals surface area contributed by atoms with Gasteiger partial charge in [0.1, 0.15) is 96.1 Å². The molecule has 4 aromatic heterocycles. The van der Waals surface area contributed by atoms with Crippen LogP contribution in [-0.4, -0.2) is 268 Å². The maximum Gasteiger partial charge on any atom is 0.471 e. The van der Waals surface area contributed by atoms with Crippen LogP contribution < -0.4 is 55.0 Å². The summed E-state index contributed by atoms with van der Waals surface area (Å²) < 4.78 is 163. The Morgan fingerprint density at radius 1 is 0.517 bits per heavy atom. The lowest BCUT2D eigenvalue weighted by atomic mass is 9.92. The minimum atomic E-state index is -5.16. The topological polar surface area (TPSA) is 445 Å². The number of nitrogens with one attached hydrogen (secondary N) is 7. The quantitative estimate of drug-likeness (QED) is 0.00467. The van der Waals surface area contributed by atoms with E-state index in [9.17, 15) is 74.3 Å². The first-order valence-electron chi connectivity index (χ1n) is 48.1. The van der Waals surface area contributed by atoms with E-state index in [1.165, 1.54) is 55.4 Å². The van der Waals surface area contributed by atoms with Crippen molar-refractivity contribution in [2.75, 3.05) is 78.9 Å². The van der Waals surface area contributed by atoms with Crippen molar-refractivity contribution in [1.29, 1.82) is 0 Å². The van der Waals surface area contributed by atoms with Crippen LogP contribution in [0.5, 0.6) is 0 Å². The van der Waals surface area contributed by atoms with Gasteiger partial charge in [0, 0.05) is 54.8 Å². The summed E-state index contributed by atoms with van der Waals surface area (Å²) in [7, 11) is -4.93. The Hall–Kier alpha value is -11.2. The lowest BCUT2D eigenvalue weighted by molar-refractivity contribution is -0.175. The van der Waals surface area contributed by atoms with Crippen molar-refractivity contribution in [2.24, 2.45) is 5.92 Å². The average Bonchev–Trinajstić information content (AvgIpc) is 1.50. The Morgan fingerprint density at radius 3 is 1.30 bits per heavy atom. The molecule has 7 N–H and O–H groups in total. The van der Waals surface area contributed by atoms with Crippen LogP contribution in [0.2, 0.25) is 0 Å². The predicted octanol–water partition coefficient (Wildman–Crippen LogP) is 10.8. The second-order valence-electron chi connectivity index (χ2n) is 37.7. The minimum absolute atomic E-state index is 0.0424. The van der Waals surface area contributed by atoms with Gasteiger partial charge in [0.25, 0.3) is 42.3 Å². The number of aromatic nitrogens is 9. The summed E-state index contributed by atoms with van der Waals surface area (Å²) in [5.41, 5.74) is -5.87. The van der Waals surface area contributed by atoms with E-state index in [1.807, 2.05) is 76.2 Å². The molecule has 6 bridgehead atoms. The lowest BCUT2D eigenvalue weighted by Crippen LogP contribution is -2.51. The molecule has 6 aliphatic heterocycles.